The number of nitrogens with zero attached hydrogens (tertiary/aromatic N) is 4. The predicted octanol–water partition coefficient (Wildman–Crippen LogP) is 1.16. The van der Waals surface area contributed by atoms with Crippen molar-refractivity contribution >= 4 is 28.6 Å². The van der Waals surface area contributed by atoms with Crippen molar-refractivity contribution in [2.45, 2.75) is 6.92 Å². The van der Waals surface area contributed by atoms with Gasteiger partial charge in [-0.15, -0.1) is 0 Å². The normalized spacial score (nSPS) is 11.6. The van der Waals surface area contributed by atoms with Gasteiger partial charge in [0.2, 0.25) is 0 Å². The standard InChI is InChI=1S/C9H15N5S/c1-6-11-7(13-9(10)15-4)5-8(12-6)14(2)3/h5H,1-4H3,(H2,10,11,12,13). The van der Waals surface area contributed by atoms with Gasteiger partial charge in [0.1, 0.15) is 11.6 Å². The van der Waals surface area contributed by atoms with E-state index in [1.807, 2.05) is 32.2 Å². The van der Waals surface area contributed by atoms with E-state index in [4.69, 9.17) is 5.73 Å². The number of thioether (sulfide) groups is 1. The molecule has 15 heavy (non-hydrogen) atoms. The molecule has 0 saturated heterocycles. The predicted molar refractivity (Wildman–Crippen MR) is 65.9 cm³/mol. The van der Waals surface area contributed by atoms with E-state index < -0.39 is 0 Å². The van der Waals surface area contributed by atoms with E-state index in [2.05, 4.69) is 15.0 Å². The minimum absolute atomic E-state index is 0.498. The molecule has 0 aromatic carbocycles. The number of hydrogen-bond donors (Lipinski definition) is 1. The van der Waals surface area contributed by atoms with Crippen LogP contribution >= 0.6 is 11.8 Å². The SMILES string of the molecule is CSC(N)=Nc1cc(N(C)C)nc(C)n1. The highest BCUT2D eigenvalue weighted by molar-refractivity contribution is 8.13. The van der Waals surface area contributed by atoms with Gasteiger partial charge in [-0.3, -0.25) is 0 Å². The average molecular weight is 225 g/mol. The molecule has 0 bridgehead atoms. The molecule has 0 unspecified atom stereocenters. The van der Waals surface area contributed by atoms with Crippen LogP contribution in [0.15, 0.2) is 11.1 Å². The van der Waals surface area contributed by atoms with Gasteiger partial charge in [-0.05, 0) is 13.2 Å². The molecule has 0 aliphatic rings. The molecular formula is C9H15N5S. The fraction of sp³-hybridized carbons (Fsp3) is 0.444. The molecule has 0 spiro atoms. The second kappa shape index (κ2) is 4.97. The van der Waals surface area contributed by atoms with Crippen LogP contribution in [0.3, 0.4) is 0 Å². The molecule has 0 aliphatic carbocycles. The first-order chi connectivity index (χ1) is 7.02. The molecule has 0 saturated carbocycles. The second-order valence-corrected chi connectivity index (χ2v) is 4.01. The molecule has 0 fully saturated rings. The third-order valence-corrected chi connectivity index (χ3v) is 2.21. The lowest BCUT2D eigenvalue weighted by Crippen LogP contribution is -2.12. The van der Waals surface area contributed by atoms with Crippen molar-refractivity contribution in [3.8, 4) is 0 Å². The van der Waals surface area contributed by atoms with Gasteiger partial charge in [0.15, 0.2) is 11.0 Å². The molecule has 1 aromatic heterocycles. The average Bonchev–Trinajstić information content (AvgIpc) is 2.16. The number of nitrogens with two attached hydrogens (primary N) is 1. The summed E-state index contributed by atoms with van der Waals surface area (Å²) < 4.78 is 0. The topological polar surface area (TPSA) is 67.4 Å². The molecule has 1 rings (SSSR count). The van der Waals surface area contributed by atoms with Crippen LogP contribution in [0, 0.1) is 6.92 Å². The monoisotopic (exact) mass is 225 g/mol. The van der Waals surface area contributed by atoms with Crippen molar-refractivity contribution in [1.29, 1.82) is 0 Å². The highest BCUT2D eigenvalue weighted by atomic mass is 32.2. The maximum atomic E-state index is 5.62. The number of anilines is 1. The first kappa shape index (κ1) is 11.8. The molecule has 6 heteroatoms. The minimum atomic E-state index is 0.498. The summed E-state index contributed by atoms with van der Waals surface area (Å²) in [6.45, 7) is 1.83. The summed E-state index contributed by atoms with van der Waals surface area (Å²) in [5.74, 6) is 2.11. The molecule has 1 aromatic rings. The highest BCUT2D eigenvalue weighted by Gasteiger charge is 2.02. The van der Waals surface area contributed by atoms with E-state index in [-0.39, 0.29) is 0 Å². The van der Waals surface area contributed by atoms with E-state index in [1.165, 1.54) is 11.8 Å². The van der Waals surface area contributed by atoms with Gasteiger partial charge in [0, 0.05) is 20.2 Å². The minimum Gasteiger partial charge on any atom is -0.378 e. The maximum absolute atomic E-state index is 5.62. The van der Waals surface area contributed by atoms with Crippen molar-refractivity contribution < 1.29 is 0 Å². The quantitative estimate of drug-likeness (QED) is 0.604. The first-order valence-electron chi connectivity index (χ1n) is 4.44. The van der Waals surface area contributed by atoms with Crippen LogP contribution in [-0.2, 0) is 0 Å². The van der Waals surface area contributed by atoms with Crippen LogP contribution in [0.5, 0.6) is 0 Å². The van der Waals surface area contributed by atoms with E-state index in [1.54, 1.807) is 6.07 Å². The summed E-state index contributed by atoms with van der Waals surface area (Å²) in [6.07, 6.45) is 1.87. The lowest BCUT2D eigenvalue weighted by Gasteiger charge is -2.11. The van der Waals surface area contributed by atoms with E-state index >= 15 is 0 Å². The smallest absolute Gasteiger partial charge is 0.160 e. The van der Waals surface area contributed by atoms with Gasteiger partial charge in [0.05, 0.1) is 0 Å². The van der Waals surface area contributed by atoms with Crippen molar-refractivity contribution in [2.75, 3.05) is 25.3 Å². The van der Waals surface area contributed by atoms with Crippen molar-refractivity contribution in [3.63, 3.8) is 0 Å². The molecular weight excluding hydrogens is 210 g/mol. The van der Waals surface area contributed by atoms with E-state index in [9.17, 15) is 0 Å². The molecule has 0 aliphatic heterocycles. The number of rotatable bonds is 2. The summed E-state index contributed by atoms with van der Waals surface area (Å²) >= 11 is 1.39. The summed E-state index contributed by atoms with van der Waals surface area (Å²) in [5.41, 5.74) is 5.62. The number of hydrogen-bond acceptors (Lipinski definition) is 5. The van der Waals surface area contributed by atoms with Crippen molar-refractivity contribution in [2.24, 2.45) is 10.7 Å². The molecule has 0 radical (unpaired) electrons. The summed E-state index contributed by atoms with van der Waals surface area (Å²) in [6, 6.07) is 1.80. The largest absolute Gasteiger partial charge is 0.378 e. The zero-order chi connectivity index (χ0) is 11.4. The third-order valence-electron chi connectivity index (χ3n) is 1.70. The van der Waals surface area contributed by atoms with Crippen LogP contribution in [0.25, 0.3) is 0 Å². The Balaban J connectivity index is 3.09. The Bertz CT molecular complexity index is 375. The van der Waals surface area contributed by atoms with Gasteiger partial charge in [-0.2, -0.15) is 0 Å². The third kappa shape index (κ3) is 3.39. The Morgan fingerprint density at radius 1 is 1.47 bits per heavy atom. The highest BCUT2D eigenvalue weighted by Crippen LogP contribution is 2.16. The molecule has 1 heterocycles. The Kier molecular flexibility index (Phi) is 3.90. The van der Waals surface area contributed by atoms with Gasteiger partial charge >= 0.3 is 0 Å². The fourth-order valence-corrected chi connectivity index (χ4v) is 1.17. The van der Waals surface area contributed by atoms with Crippen LogP contribution in [0.2, 0.25) is 0 Å². The molecule has 5 nitrogen and oxygen atoms in total. The van der Waals surface area contributed by atoms with Gasteiger partial charge in [0.25, 0.3) is 0 Å². The lowest BCUT2D eigenvalue weighted by atomic mass is 10.5. The van der Waals surface area contributed by atoms with E-state index in [0.717, 1.165) is 5.82 Å². The number of amidine groups is 1. The number of aliphatic imine (C=N–C) groups is 1. The zero-order valence-corrected chi connectivity index (χ0v) is 10.2. The fourth-order valence-electron chi connectivity index (χ4n) is 0.981. The van der Waals surface area contributed by atoms with Gasteiger partial charge in [-0.25, -0.2) is 15.0 Å². The van der Waals surface area contributed by atoms with Gasteiger partial charge < -0.3 is 10.6 Å². The Hall–Kier alpha value is -1.30. The molecule has 82 valence electrons. The van der Waals surface area contributed by atoms with Crippen LogP contribution in [-0.4, -0.2) is 35.5 Å². The summed E-state index contributed by atoms with van der Waals surface area (Å²) in [4.78, 5) is 14.5. The molecule has 2 N–H and O–H groups in total. The second-order valence-electron chi connectivity index (χ2n) is 3.18. The van der Waals surface area contributed by atoms with Gasteiger partial charge in [-0.1, -0.05) is 11.8 Å². The van der Waals surface area contributed by atoms with Crippen LogP contribution in [0.1, 0.15) is 5.82 Å². The van der Waals surface area contributed by atoms with Crippen LogP contribution < -0.4 is 10.6 Å². The molecule has 0 atom stereocenters. The summed E-state index contributed by atoms with van der Waals surface area (Å²) in [7, 11) is 3.85. The Morgan fingerprint density at radius 3 is 2.67 bits per heavy atom. The maximum Gasteiger partial charge on any atom is 0.160 e. The Labute approximate surface area is 93.8 Å². The molecule has 0 amide bonds. The van der Waals surface area contributed by atoms with E-state index in [0.29, 0.717) is 16.8 Å². The number of aromatic nitrogens is 2. The number of aryl methyl sites for hydroxylation is 1. The van der Waals surface area contributed by atoms with Crippen LogP contribution in [0.4, 0.5) is 11.6 Å². The zero-order valence-electron chi connectivity index (χ0n) is 9.35. The lowest BCUT2D eigenvalue weighted by molar-refractivity contribution is 0.986. The van der Waals surface area contributed by atoms with Crippen molar-refractivity contribution in [3.05, 3.63) is 11.9 Å². The Morgan fingerprint density at radius 2 is 2.13 bits per heavy atom. The summed E-state index contributed by atoms with van der Waals surface area (Å²) in [5, 5.41) is 0.498. The van der Waals surface area contributed by atoms with Crippen molar-refractivity contribution in [1.82, 2.24) is 9.97 Å². The first-order valence-corrected chi connectivity index (χ1v) is 5.66.